The zero-order valence-corrected chi connectivity index (χ0v) is 9.09. The van der Waals surface area contributed by atoms with Crippen LogP contribution in [0.25, 0.3) is 0 Å². The molecule has 16 heavy (non-hydrogen) atoms. The van der Waals surface area contributed by atoms with Crippen LogP contribution in [-0.2, 0) is 0 Å². The molecule has 1 aliphatic heterocycles. The molecule has 1 N–H and O–H groups in total. The van der Waals surface area contributed by atoms with E-state index < -0.39 is 4.92 Å². The van der Waals surface area contributed by atoms with E-state index >= 15 is 0 Å². The molecule has 1 unspecified atom stereocenters. The SMILES string of the molecule is CNC1CCCN1c1cncc([N+](=O)[O-])c1. The third-order valence-corrected chi connectivity index (χ3v) is 2.84. The largest absolute Gasteiger partial charge is 0.355 e. The second-order valence-electron chi connectivity index (χ2n) is 3.80. The van der Waals surface area contributed by atoms with Crippen molar-refractivity contribution < 1.29 is 4.92 Å². The molecule has 1 atom stereocenters. The van der Waals surface area contributed by atoms with Gasteiger partial charge in [0.1, 0.15) is 6.20 Å². The van der Waals surface area contributed by atoms with E-state index in [0.29, 0.717) is 0 Å². The van der Waals surface area contributed by atoms with Gasteiger partial charge in [0.15, 0.2) is 0 Å². The molecule has 0 aromatic carbocycles. The molecule has 0 aliphatic carbocycles. The zero-order chi connectivity index (χ0) is 11.5. The fourth-order valence-electron chi connectivity index (χ4n) is 2.05. The maximum atomic E-state index is 10.7. The lowest BCUT2D eigenvalue weighted by atomic mass is 10.3. The summed E-state index contributed by atoms with van der Waals surface area (Å²) in [6.45, 7) is 0.911. The van der Waals surface area contributed by atoms with Crippen LogP contribution < -0.4 is 10.2 Å². The fourth-order valence-corrected chi connectivity index (χ4v) is 2.05. The first-order chi connectivity index (χ1) is 7.72. The fraction of sp³-hybridized carbons (Fsp3) is 0.500. The maximum absolute atomic E-state index is 10.7. The topological polar surface area (TPSA) is 71.3 Å². The van der Waals surface area contributed by atoms with Crippen molar-refractivity contribution in [2.24, 2.45) is 0 Å². The Bertz CT molecular complexity index is 396. The highest BCUT2D eigenvalue weighted by Gasteiger charge is 2.24. The van der Waals surface area contributed by atoms with Crippen LogP contribution in [0, 0.1) is 10.1 Å². The number of nitrogens with one attached hydrogen (secondary N) is 1. The van der Waals surface area contributed by atoms with E-state index in [1.165, 1.54) is 6.20 Å². The van der Waals surface area contributed by atoms with Crippen molar-refractivity contribution in [1.82, 2.24) is 10.3 Å². The lowest BCUT2D eigenvalue weighted by molar-refractivity contribution is -0.385. The number of aromatic nitrogens is 1. The normalized spacial score (nSPS) is 20.1. The van der Waals surface area contributed by atoms with Crippen molar-refractivity contribution in [3.63, 3.8) is 0 Å². The average Bonchev–Trinajstić information content (AvgIpc) is 2.77. The Balaban J connectivity index is 2.26. The molecular weight excluding hydrogens is 208 g/mol. The molecular formula is C10H14N4O2. The van der Waals surface area contributed by atoms with Gasteiger partial charge in [-0.2, -0.15) is 0 Å². The molecule has 2 heterocycles. The van der Waals surface area contributed by atoms with Crippen LogP contribution in [0.5, 0.6) is 0 Å². The number of anilines is 1. The van der Waals surface area contributed by atoms with Gasteiger partial charge in [-0.05, 0) is 19.9 Å². The average molecular weight is 222 g/mol. The van der Waals surface area contributed by atoms with Gasteiger partial charge in [0.05, 0.1) is 23.0 Å². The summed E-state index contributed by atoms with van der Waals surface area (Å²) < 4.78 is 0. The van der Waals surface area contributed by atoms with Crippen molar-refractivity contribution in [3.05, 3.63) is 28.6 Å². The quantitative estimate of drug-likeness (QED) is 0.613. The molecule has 0 bridgehead atoms. The molecule has 0 radical (unpaired) electrons. The van der Waals surface area contributed by atoms with Crippen molar-refractivity contribution in [2.75, 3.05) is 18.5 Å². The molecule has 1 aromatic heterocycles. The number of pyridine rings is 1. The molecule has 0 spiro atoms. The summed E-state index contributed by atoms with van der Waals surface area (Å²) in [7, 11) is 1.90. The van der Waals surface area contributed by atoms with E-state index in [1.54, 1.807) is 12.3 Å². The van der Waals surface area contributed by atoms with Gasteiger partial charge in [0, 0.05) is 12.6 Å². The van der Waals surface area contributed by atoms with E-state index in [2.05, 4.69) is 15.2 Å². The highest BCUT2D eigenvalue weighted by molar-refractivity contribution is 5.51. The van der Waals surface area contributed by atoms with Crippen molar-refractivity contribution in [3.8, 4) is 0 Å². The van der Waals surface area contributed by atoms with Crippen LogP contribution in [0.4, 0.5) is 11.4 Å². The van der Waals surface area contributed by atoms with Gasteiger partial charge in [0.25, 0.3) is 5.69 Å². The minimum absolute atomic E-state index is 0.0410. The first-order valence-electron chi connectivity index (χ1n) is 5.25. The summed E-state index contributed by atoms with van der Waals surface area (Å²) in [5.74, 6) is 0. The smallest absolute Gasteiger partial charge is 0.289 e. The Labute approximate surface area is 93.4 Å². The molecule has 6 heteroatoms. The number of nitro groups is 1. The Morgan fingerprint density at radius 2 is 2.44 bits per heavy atom. The molecule has 0 amide bonds. The van der Waals surface area contributed by atoms with Gasteiger partial charge in [-0.15, -0.1) is 0 Å². The molecule has 0 saturated carbocycles. The number of hydrogen-bond acceptors (Lipinski definition) is 5. The first-order valence-corrected chi connectivity index (χ1v) is 5.25. The summed E-state index contributed by atoms with van der Waals surface area (Å²) >= 11 is 0. The minimum atomic E-state index is -0.416. The van der Waals surface area contributed by atoms with Crippen molar-refractivity contribution >= 4 is 11.4 Å². The Morgan fingerprint density at radius 1 is 1.62 bits per heavy atom. The van der Waals surface area contributed by atoms with E-state index in [1.807, 2.05) is 7.05 Å². The summed E-state index contributed by atoms with van der Waals surface area (Å²) in [4.78, 5) is 16.3. The molecule has 1 aliphatic rings. The van der Waals surface area contributed by atoms with E-state index in [9.17, 15) is 10.1 Å². The minimum Gasteiger partial charge on any atom is -0.355 e. The monoisotopic (exact) mass is 222 g/mol. The van der Waals surface area contributed by atoms with Crippen LogP contribution in [-0.4, -0.2) is 29.7 Å². The number of rotatable bonds is 3. The molecule has 1 saturated heterocycles. The summed E-state index contributed by atoms with van der Waals surface area (Å²) in [6.07, 6.45) is 5.34. The highest BCUT2D eigenvalue weighted by Crippen LogP contribution is 2.25. The van der Waals surface area contributed by atoms with Crippen LogP contribution >= 0.6 is 0 Å². The van der Waals surface area contributed by atoms with Crippen LogP contribution in [0.2, 0.25) is 0 Å². The van der Waals surface area contributed by atoms with Gasteiger partial charge in [-0.1, -0.05) is 0 Å². The van der Waals surface area contributed by atoms with Gasteiger partial charge < -0.3 is 10.2 Å². The molecule has 86 valence electrons. The summed E-state index contributed by atoms with van der Waals surface area (Å²) in [6, 6.07) is 1.57. The van der Waals surface area contributed by atoms with E-state index in [0.717, 1.165) is 25.1 Å². The molecule has 2 rings (SSSR count). The Hall–Kier alpha value is -1.69. The van der Waals surface area contributed by atoms with Gasteiger partial charge >= 0.3 is 0 Å². The predicted molar refractivity (Wildman–Crippen MR) is 60.3 cm³/mol. The van der Waals surface area contributed by atoms with Crippen LogP contribution in [0.3, 0.4) is 0 Å². The Kier molecular flexibility index (Phi) is 3.00. The number of nitrogens with zero attached hydrogens (tertiary/aromatic N) is 3. The molecule has 1 aromatic rings. The molecule has 6 nitrogen and oxygen atoms in total. The maximum Gasteiger partial charge on any atom is 0.289 e. The van der Waals surface area contributed by atoms with Crippen LogP contribution in [0.1, 0.15) is 12.8 Å². The van der Waals surface area contributed by atoms with E-state index in [4.69, 9.17) is 0 Å². The number of hydrogen-bond donors (Lipinski definition) is 1. The first kappa shape index (κ1) is 10.8. The van der Waals surface area contributed by atoms with Crippen molar-refractivity contribution in [1.29, 1.82) is 0 Å². The lowest BCUT2D eigenvalue weighted by Crippen LogP contribution is -2.39. The van der Waals surface area contributed by atoms with Crippen LogP contribution in [0.15, 0.2) is 18.5 Å². The third kappa shape index (κ3) is 1.96. The zero-order valence-electron chi connectivity index (χ0n) is 9.09. The van der Waals surface area contributed by atoms with Gasteiger partial charge in [-0.3, -0.25) is 15.1 Å². The predicted octanol–water partition coefficient (Wildman–Crippen LogP) is 1.14. The Morgan fingerprint density at radius 3 is 3.12 bits per heavy atom. The van der Waals surface area contributed by atoms with Crippen molar-refractivity contribution in [2.45, 2.75) is 19.0 Å². The van der Waals surface area contributed by atoms with Gasteiger partial charge in [-0.25, -0.2) is 0 Å². The highest BCUT2D eigenvalue weighted by atomic mass is 16.6. The lowest BCUT2D eigenvalue weighted by Gasteiger charge is -2.25. The summed E-state index contributed by atoms with van der Waals surface area (Å²) in [5, 5.41) is 13.8. The molecule has 1 fully saturated rings. The second-order valence-corrected chi connectivity index (χ2v) is 3.80. The summed E-state index contributed by atoms with van der Waals surface area (Å²) in [5.41, 5.74) is 0.852. The van der Waals surface area contributed by atoms with E-state index in [-0.39, 0.29) is 11.9 Å². The standard InChI is InChI=1S/C10H14N4O2/c1-11-10-3-2-4-13(10)8-5-9(14(15)16)7-12-6-8/h5-7,10-11H,2-4H2,1H3. The third-order valence-electron chi connectivity index (χ3n) is 2.84. The van der Waals surface area contributed by atoms with Gasteiger partial charge in [0.2, 0.25) is 0 Å². The second kappa shape index (κ2) is 4.44.